The topological polar surface area (TPSA) is 61.8 Å². The molecule has 0 aromatic rings. The summed E-state index contributed by atoms with van der Waals surface area (Å²) < 4.78 is 5.23. The monoisotopic (exact) mass is 300 g/mol. The Bertz CT molecular complexity index is 299. The molecular weight excluding hydrogens is 268 g/mol. The average Bonchev–Trinajstić information content (AvgIpc) is 2.45. The van der Waals surface area contributed by atoms with Crippen molar-refractivity contribution in [1.29, 1.82) is 0 Å². The van der Waals surface area contributed by atoms with Gasteiger partial charge in [-0.25, -0.2) is 0 Å². The number of aliphatic hydroxyl groups excluding tert-OH is 1. The number of hydrogen-bond acceptors (Lipinski definition) is 4. The molecule has 5 nitrogen and oxygen atoms in total. The van der Waals surface area contributed by atoms with Crippen molar-refractivity contribution in [2.75, 3.05) is 32.8 Å². The van der Waals surface area contributed by atoms with E-state index in [-0.39, 0.29) is 17.9 Å². The maximum Gasteiger partial charge on any atom is 0.224 e. The van der Waals surface area contributed by atoms with Gasteiger partial charge in [0.1, 0.15) is 0 Å². The molecule has 124 valence electrons. The van der Waals surface area contributed by atoms with Crippen LogP contribution in [0, 0.1) is 5.92 Å². The van der Waals surface area contributed by atoms with Gasteiger partial charge in [-0.05, 0) is 39.7 Å². The molecule has 3 unspecified atom stereocenters. The number of nitrogens with one attached hydrogen (secondary N) is 1. The first-order valence-corrected chi connectivity index (χ1v) is 8.35. The zero-order chi connectivity index (χ0) is 15.7. The lowest BCUT2D eigenvalue weighted by Gasteiger charge is -2.33. The van der Waals surface area contributed by atoms with Crippen molar-refractivity contribution in [3.05, 3.63) is 0 Å². The largest absolute Gasteiger partial charge is 0.389 e. The molecule has 0 spiro atoms. The number of nitrogens with zero attached hydrogens (tertiary/aromatic N) is 1. The number of carbonyl (C=O) groups is 1. The van der Waals surface area contributed by atoms with E-state index < -0.39 is 6.10 Å². The van der Waals surface area contributed by atoms with Crippen LogP contribution < -0.4 is 5.32 Å². The molecule has 5 heteroatoms. The quantitative estimate of drug-likeness (QED) is 0.676. The third-order valence-corrected chi connectivity index (χ3v) is 3.97. The van der Waals surface area contributed by atoms with E-state index in [1.807, 2.05) is 6.92 Å². The molecule has 1 saturated heterocycles. The molecule has 3 atom stereocenters. The van der Waals surface area contributed by atoms with E-state index in [0.717, 1.165) is 38.8 Å². The maximum absolute atomic E-state index is 12.3. The summed E-state index contributed by atoms with van der Waals surface area (Å²) in [6, 6.07) is 0.251. The summed E-state index contributed by atoms with van der Waals surface area (Å²) in [5.74, 6) is 0.220. The zero-order valence-corrected chi connectivity index (χ0v) is 13.8. The van der Waals surface area contributed by atoms with E-state index in [0.29, 0.717) is 19.8 Å². The Morgan fingerprint density at radius 2 is 2.24 bits per heavy atom. The summed E-state index contributed by atoms with van der Waals surface area (Å²) in [5.41, 5.74) is 0. The molecule has 2 N–H and O–H groups in total. The summed E-state index contributed by atoms with van der Waals surface area (Å²) >= 11 is 0. The average molecular weight is 300 g/mol. The normalized spacial score (nSPS) is 22.8. The summed E-state index contributed by atoms with van der Waals surface area (Å²) in [5, 5.41) is 13.0. The summed E-state index contributed by atoms with van der Waals surface area (Å²) in [6.07, 6.45) is 3.60. The van der Waals surface area contributed by atoms with Crippen LogP contribution in [0.5, 0.6) is 0 Å². The Labute approximate surface area is 129 Å². The highest BCUT2D eigenvalue weighted by Crippen LogP contribution is 2.17. The standard InChI is InChI=1S/C16H32N2O3/c1-4-7-13(3)17-16(20)14-8-6-9-18(10-14)11-15(19)12-21-5-2/h13-15,19H,4-12H2,1-3H3,(H,17,20). The van der Waals surface area contributed by atoms with Crippen LogP contribution in [-0.4, -0.2) is 60.9 Å². The number of carbonyl (C=O) groups excluding carboxylic acids is 1. The maximum atomic E-state index is 12.3. The van der Waals surface area contributed by atoms with E-state index in [1.165, 1.54) is 0 Å². The highest BCUT2D eigenvalue weighted by Gasteiger charge is 2.27. The summed E-state index contributed by atoms with van der Waals surface area (Å²) in [4.78, 5) is 14.4. The Morgan fingerprint density at radius 3 is 2.90 bits per heavy atom. The van der Waals surface area contributed by atoms with Crippen LogP contribution in [-0.2, 0) is 9.53 Å². The Hall–Kier alpha value is -0.650. The van der Waals surface area contributed by atoms with Gasteiger partial charge in [0.2, 0.25) is 5.91 Å². The van der Waals surface area contributed by atoms with Crippen LogP contribution in [0.4, 0.5) is 0 Å². The van der Waals surface area contributed by atoms with Crippen LogP contribution in [0.15, 0.2) is 0 Å². The first kappa shape index (κ1) is 18.4. The molecule has 1 aliphatic rings. The fraction of sp³-hybridized carbons (Fsp3) is 0.938. The second-order valence-corrected chi connectivity index (χ2v) is 6.11. The van der Waals surface area contributed by atoms with Crippen molar-refractivity contribution in [2.45, 2.75) is 58.6 Å². The minimum atomic E-state index is -0.467. The number of aliphatic hydroxyl groups is 1. The molecule has 0 saturated carbocycles. The number of amides is 1. The molecule has 0 aromatic heterocycles. The molecule has 1 fully saturated rings. The van der Waals surface area contributed by atoms with Gasteiger partial charge in [-0.3, -0.25) is 9.69 Å². The molecule has 1 amide bonds. The van der Waals surface area contributed by atoms with Gasteiger partial charge in [-0.15, -0.1) is 0 Å². The molecular formula is C16H32N2O3. The second-order valence-electron chi connectivity index (χ2n) is 6.11. The van der Waals surface area contributed by atoms with Crippen molar-refractivity contribution < 1.29 is 14.6 Å². The zero-order valence-electron chi connectivity index (χ0n) is 13.8. The first-order valence-electron chi connectivity index (χ1n) is 8.35. The lowest BCUT2D eigenvalue weighted by Crippen LogP contribution is -2.47. The van der Waals surface area contributed by atoms with Gasteiger partial charge in [0.15, 0.2) is 0 Å². The van der Waals surface area contributed by atoms with Gasteiger partial charge in [-0.1, -0.05) is 13.3 Å². The van der Waals surface area contributed by atoms with Gasteiger partial charge in [0.05, 0.1) is 18.6 Å². The number of β-amino-alcohol motifs (C(OH)–C–C–N with tert-alkyl or cyclic N) is 1. The van der Waals surface area contributed by atoms with E-state index in [1.54, 1.807) is 0 Å². The van der Waals surface area contributed by atoms with Gasteiger partial charge in [0, 0.05) is 25.7 Å². The number of ether oxygens (including phenoxy) is 1. The number of likely N-dealkylation sites (tertiary alicyclic amines) is 1. The number of hydrogen-bond donors (Lipinski definition) is 2. The molecule has 21 heavy (non-hydrogen) atoms. The summed E-state index contributed by atoms with van der Waals surface area (Å²) in [7, 11) is 0. The van der Waals surface area contributed by atoms with E-state index in [4.69, 9.17) is 4.74 Å². The number of rotatable bonds is 9. The van der Waals surface area contributed by atoms with E-state index in [2.05, 4.69) is 24.1 Å². The molecule has 1 rings (SSSR count). The fourth-order valence-corrected chi connectivity index (χ4v) is 2.91. The second kappa shape index (κ2) is 10.1. The highest BCUT2D eigenvalue weighted by molar-refractivity contribution is 5.79. The Balaban J connectivity index is 2.35. The van der Waals surface area contributed by atoms with E-state index >= 15 is 0 Å². The minimum Gasteiger partial charge on any atom is -0.389 e. The van der Waals surface area contributed by atoms with Crippen LogP contribution in [0.25, 0.3) is 0 Å². The van der Waals surface area contributed by atoms with Crippen LogP contribution in [0.2, 0.25) is 0 Å². The van der Waals surface area contributed by atoms with Crippen molar-refractivity contribution in [2.24, 2.45) is 5.92 Å². The molecule has 0 bridgehead atoms. The highest BCUT2D eigenvalue weighted by atomic mass is 16.5. The molecule has 0 radical (unpaired) electrons. The van der Waals surface area contributed by atoms with Crippen LogP contribution in [0.3, 0.4) is 0 Å². The van der Waals surface area contributed by atoms with Gasteiger partial charge < -0.3 is 15.2 Å². The molecule has 0 aromatic carbocycles. The van der Waals surface area contributed by atoms with Gasteiger partial charge in [0.25, 0.3) is 0 Å². The predicted molar refractivity (Wildman–Crippen MR) is 84.2 cm³/mol. The van der Waals surface area contributed by atoms with Crippen molar-refractivity contribution in [3.8, 4) is 0 Å². The third kappa shape index (κ3) is 7.25. The minimum absolute atomic E-state index is 0.0531. The van der Waals surface area contributed by atoms with Gasteiger partial charge >= 0.3 is 0 Å². The van der Waals surface area contributed by atoms with Crippen LogP contribution >= 0.6 is 0 Å². The van der Waals surface area contributed by atoms with Crippen LogP contribution in [0.1, 0.15) is 46.5 Å². The number of piperidine rings is 1. The Morgan fingerprint density at radius 1 is 1.48 bits per heavy atom. The molecule has 0 aliphatic carbocycles. The molecule has 1 heterocycles. The third-order valence-electron chi connectivity index (χ3n) is 3.97. The smallest absolute Gasteiger partial charge is 0.224 e. The van der Waals surface area contributed by atoms with Crippen molar-refractivity contribution >= 4 is 5.91 Å². The van der Waals surface area contributed by atoms with E-state index in [9.17, 15) is 9.90 Å². The SMILES string of the molecule is CCCC(C)NC(=O)C1CCCN(CC(O)COCC)C1. The Kier molecular flexibility index (Phi) is 8.88. The fourth-order valence-electron chi connectivity index (χ4n) is 2.91. The lowest BCUT2D eigenvalue weighted by molar-refractivity contribution is -0.127. The van der Waals surface area contributed by atoms with Crippen molar-refractivity contribution in [3.63, 3.8) is 0 Å². The predicted octanol–water partition coefficient (Wildman–Crippen LogP) is 1.40. The van der Waals surface area contributed by atoms with Crippen molar-refractivity contribution in [1.82, 2.24) is 10.2 Å². The lowest BCUT2D eigenvalue weighted by atomic mass is 9.96. The molecule has 1 aliphatic heterocycles. The summed E-state index contributed by atoms with van der Waals surface area (Å²) in [6.45, 7) is 9.40. The first-order chi connectivity index (χ1) is 10.1. The van der Waals surface area contributed by atoms with Gasteiger partial charge in [-0.2, -0.15) is 0 Å².